The SMILES string of the molecule is CNC(c1cc2cc(C)ccc2o1)c1cc(Cl)ccc1Cl. The van der Waals surface area contributed by atoms with Gasteiger partial charge in [-0.05, 0) is 55.9 Å². The minimum absolute atomic E-state index is 0.135. The van der Waals surface area contributed by atoms with E-state index >= 15 is 0 Å². The average molecular weight is 320 g/mol. The molecule has 2 aromatic carbocycles. The molecule has 1 unspecified atom stereocenters. The van der Waals surface area contributed by atoms with Crippen molar-refractivity contribution in [3.05, 3.63) is 69.4 Å². The van der Waals surface area contributed by atoms with E-state index < -0.39 is 0 Å². The van der Waals surface area contributed by atoms with Gasteiger partial charge in [0.2, 0.25) is 0 Å². The molecule has 4 heteroatoms. The number of fused-ring (bicyclic) bond motifs is 1. The number of benzene rings is 2. The van der Waals surface area contributed by atoms with Gasteiger partial charge in [0.05, 0.1) is 6.04 Å². The van der Waals surface area contributed by atoms with E-state index in [-0.39, 0.29) is 6.04 Å². The number of hydrogen-bond acceptors (Lipinski definition) is 2. The summed E-state index contributed by atoms with van der Waals surface area (Å²) in [5.41, 5.74) is 2.98. The van der Waals surface area contributed by atoms with E-state index in [1.54, 1.807) is 12.1 Å². The first-order valence-electron chi connectivity index (χ1n) is 6.71. The van der Waals surface area contributed by atoms with Gasteiger partial charge in [0.1, 0.15) is 11.3 Å². The summed E-state index contributed by atoms with van der Waals surface area (Å²) in [6.45, 7) is 2.06. The van der Waals surface area contributed by atoms with Crippen molar-refractivity contribution in [2.45, 2.75) is 13.0 Å². The fraction of sp³-hybridized carbons (Fsp3) is 0.176. The van der Waals surface area contributed by atoms with Crippen molar-refractivity contribution in [1.82, 2.24) is 5.32 Å². The lowest BCUT2D eigenvalue weighted by atomic mass is 10.0. The van der Waals surface area contributed by atoms with Crippen LogP contribution >= 0.6 is 23.2 Å². The molecule has 1 N–H and O–H groups in total. The van der Waals surface area contributed by atoms with E-state index in [0.29, 0.717) is 10.0 Å². The summed E-state index contributed by atoms with van der Waals surface area (Å²) >= 11 is 12.4. The molecule has 2 nitrogen and oxygen atoms in total. The maximum Gasteiger partial charge on any atom is 0.134 e. The van der Waals surface area contributed by atoms with Gasteiger partial charge in [-0.3, -0.25) is 0 Å². The van der Waals surface area contributed by atoms with Gasteiger partial charge in [0, 0.05) is 15.4 Å². The Morgan fingerprint density at radius 3 is 2.62 bits per heavy atom. The summed E-state index contributed by atoms with van der Waals surface area (Å²) in [5, 5.41) is 5.64. The lowest BCUT2D eigenvalue weighted by Gasteiger charge is -2.15. The molecular formula is C17H15Cl2NO. The Labute approximate surface area is 133 Å². The topological polar surface area (TPSA) is 25.2 Å². The van der Waals surface area contributed by atoms with E-state index in [0.717, 1.165) is 22.3 Å². The lowest BCUT2D eigenvalue weighted by molar-refractivity contribution is 0.491. The van der Waals surface area contributed by atoms with Crippen LogP contribution in [-0.4, -0.2) is 7.05 Å². The Hall–Kier alpha value is -1.48. The lowest BCUT2D eigenvalue weighted by Crippen LogP contribution is -2.17. The second kappa shape index (κ2) is 5.72. The van der Waals surface area contributed by atoms with Crippen LogP contribution in [0.25, 0.3) is 11.0 Å². The quantitative estimate of drug-likeness (QED) is 0.703. The smallest absolute Gasteiger partial charge is 0.134 e. The first kappa shape index (κ1) is 14.5. The second-order valence-corrected chi connectivity index (χ2v) is 5.92. The molecule has 1 atom stereocenters. The van der Waals surface area contributed by atoms with Crippen LogP contribution in [0.5, 0.6) is 0 Å². The van der Waals surface area contributed by atoms with Crippen molar-refractivity contribution in [2.24, 2.45) is 0 Å². The third kappa shape index (κ3) is 2.80. The van der Waals surface area contributed by atoms with Crippen LogP contribution in [0.1, 0.15) is 22.9 Å². The number of hydrogen-bond donors (Lipinski definition) is 1. The van der Waals surface area contributed by atoms with Gasteiger partial charge >= 0.3 is 0 Å². The van der Waals surface area contributed by atoms with Gasteiger partial charge < -0.3 is 9.73 Å². The van der Waals surface area contributed by atoms with Crippen LogP contribution < -0.4 is 5.32 Å². The molecule has 0 saturated heterocycles. The molecule has 108 valence electrons. The van der Waals surface area contributed by atoms with Crippen LogP contribution in [0, 0.1) is 6.92 Å². The van der Waals surface area contributed by atoms with Crippen LogP contribution in [0.3, 0.4) is 0 Å². The molecule has 0 saturated carbocycles. The van der Waals surface area contributed by atoms with Crippen molar-refractivity contribution in [3.63, 3.8) is 0 Å². The zero-order valence-corrected chi connectivity index (χ0v) is 13.3. The molecule has 21 heavy (non-hydrogen) atoms. The normalized spacial score (nSPS) is 12.8. The molecule has 0 aliphatic heterocycles. The molecule has 0 radical (unpaired) electrons. The minimum atomic E-state index is -0.135. The van der Waals surface area contributed by atoms with Gasteiger partial charge in [-0.2, -0.15) is 0 Å². The Bertz CT molecular complexity index is 795. The third-order valence-corrected chi connectivity index (χ3v) is 4.11. The molecule has 0 fully saturated rings. The average Bonchev–Trinajstić information content (AvgIpc) is 2.86. The van der Waals surface area contributed by atoms with Crippen LogP contribution in [0.2, 0.25) is 10.0 Å². The van der Waals surface area contributed by atoms with Gasteiger partial charge in [-0.25, -0.2) is 0 Å². The number of furan rings is 1. The number of halogens is 2. The zero-order valence-electron chi connectivity index (χ0n) is 11.8. The fourth-order valence-electron chi connectivity index (χ4n) is 2.51. The Morgan fingerprint density at radius 1 is 1.05 bits per heavy atom. The molecule has 1 aromatic heterocycles. The number of nitrogens with one attached hydrogen (secondary N) is 1. The first-order valence-corrected chi connectivity index (χ1v) is 7.46. The van der Waals surface area contributed by atoms with Crippen molar-refractivity contribution >= 4 is 34.2 Å². The maximum atomic E-state index is 6.30. The predicted molar refractivity (Wildman–Crippen MR) is 88.3 cm³/mol. The van der Waals surface area contributed by atoms with Gasteiger partial charge in [-0.15, -0.1) is 0 Å². The van der Waals surface area contributed by atoms with E-state index in [1.165, 1.54) is 5.56 Å². The molecule has 3 rings (SSSR count). The third-order valence-electron chi connectivity index (χ3n) is 3.53. The van der Waals surface area contributed by atoms with E-state index in [9.17, 15) is 0 Å². The van der Waals surface area contributed by atoms with Crippen molar-refractivity contribution in [3.8, 4) is 0 Å². The predicted octanol–water partition coefficient (Wildman–Crippen LogP) is 5.36. The minimum Gasteiger partial charge on any atom is -0.459 e. The van der Waals surface area contributed by atoms with Crippen LogP contribution in [-0.2, 0) is 0 Å². The maximum absolute atomic E-state index is 6.30. The highest BCUT2D eigenvalue weighted by atomic mass is 35.5. The standard InChI is InChI=1S/C17H15Cl2NO/c1-10-3-6-15-11(7-10)8-16(21-15)17(20-2)13-9-12(18)4-5-14(13)19/h3-9,17,20H,1-2H3. The van der Waals surface area contributed by atoms with E-state index in [2.05, 4.69) is 18.3 Å². The fourth-order valence-corrected chi connectivity index (χ4v) is 2.92. The van der Waals surface area contributed by atoms with Gasteiger partial charge in [-0.1, -0.05) is 34.8 Å². The first-order chi connectivity index (χ1) is 10.1. The molecule has 0 bridgehead atoms. The van der Waals surface area contributed by atoms with Crippen molar-refractivity contribution in [2.75, 3.05) is 7.05 Å². The summed E-state index contributed by atoms with van der Waals surface area (Å²) in [6.07, 6.45) is 0. The van der Waals surface area contributed by atoms with Gasteiger partial charge in [0.15, 0.2) is 0 Å². The summed E-state index contributed by atoms with van der Waals surface area (Å²) in [4.78, 5) is 0. The number of aryl methyl sites for hydroxylation is 1. The highest BCUT2D eigenvalue weighted by molar-refractivity contribution is 6.33. The molecule has 1 heterocycles. The molecule has 3 aromatic rings. The summed E-state index contributed by atoms with van der Waals surface area (Å²) in [6, 6.07) is 13.5. The van der Waals surface area contributed by atoms with E-state index in [4.69, 9.17) is 27.6 Å². The number of rotatable bonds is 3. The molecule has 0 amide bonds. The van der Waals surface area contributed by atoms with Crippen LogP contribution in [0.4, 0.5) is 0 Å². The highest BCUT2D eigenvalue weighted by Gasteiger charge is 2.19. The van der Waals surface area contributed by atoms with Crippen molar-refractivity contribution < 1.29 is 4.42 Å². The Kier molecular flexibility index (Phi) is 3.94. The second-order valence-electron chi connectivity index (χ2n) is 5.08. The van der Waals surface area contributed by atoms with Gasteiger partial charge in [0.25, 0.3) is 0 Å². The zero-order chi connectivity index (χ0) is 15.0. The molecule has 0 aliphatic rings. The summed E-state index contributed by atoms with van der Waals surface area (Å²) in [5.74, 6) is 0.822. The largest absolute Gasteiger partial charge is 0.459 e. The van der Waals surface area contributed by atoms with Crippen LogP contribution in [0.15, 0.2) is 46.9 Å². The molecule has 0 aliphatic carbocycles. The van der Waals surface area contributed by atoms with E-state index in [1.807, 2.05) is 31.3 Å². The Balaban J connectivity index is 2.11. The monoisotopic (exact) mass is 319 g/mol. The Morgan fingerprint density at radius 2 is 1.86 bits per heavy atom. The summed E-state index contributed by atoms with van der Waals surface area (Å²) < 4.78 is 5.96. The highest BCUT2D eigenvalue weighted by Crippen LogP contribution is 2.33. The van der Waals surface area contributed by atoms with Crippen molar-refractivity contribution in [1.29, 1.82) is 0 Å². The molecule has 0 spiro atoms. The molecular weight excluding hydrogens is 305 g/mol. The summed E-state index contributed by atoms with van der Waals surface area (Å²) in [7, 11) is 1.88.